The van der Waals surface area contributed by atoms with Crippen molar-refractivity contribution in [3.8, 4) is 0 Å². The van der Waals surface area contributed by atoms with Crippen LogP contribution < -0.4 is 10.6 Å². The molecule has 0 aromatic rings. The summed E-state index contributed by atoms with van der Waals surface area (Å²) in [5.74, 6) is -1.37. The molecule has 0 amide bonds. The van der Waals surface area contributed by atoms with Gasteiger partial charge in [-0.3, -0.25) is 0 Å². The zero-order valence-electron chi connectivity index (χ0n) is 29.4. The molecular formula is C37H56N2O7. The molecule has 0 saturated heterocycles. The molecule has 2 atom stereocenters. The van der Waals surface area contributed by atoms with E-state index in [0.717, 1.165) is 55.5 Å². The third-order valence-electron chi connectivity index (χ3n) is 8.56. The van der Waals surface area contributed by atoms with Crippen LogP contribution in [0.25, 0.3) is 0 Å². The molecule has 0 heterocycles. The van der Waals surface area contributed by atoms with Crippen LogP contribution in [0.15, 0.2) is 58.2 Å². The highest BCUT2D eigenvalue weighted by molar-refractivity contribution is 6.15. The molecule has 1 fully saturated rings. The number of carbonyl (C=O) groups excluding carboxylic acids is 3. The fourth-order valence-corrected chi connectivity index (χ4v) is 6.90. The van der Waals surface area contributed by atoms with E-state index >= 15 is 0 Å². The fourth-order valence-electron chi connectivity index (χ4n) is 6.90. The molecule has 46 heavy (non-hydrogen) atoms. The van der Waals surface area contributed by atoms with Crippen LogP contribution >= 0.6 is 0 Å². The lowest BCUT2D eigenvalue weighted by atomic mass is 9.75. The summed E-state index contributed by atoms with van der Waals surface area (Å²) in [6.07, 6.45) is 11.1. The van der Waals surface area contributed by atoms with Gasteiger partial charge in [-0.1, -0.05) is 47.1 Å². The van der Waals surface area contributed by atoms with Gasteiger partial charge in [-0.2, -0.15) is 0 Å². The maximum absolute atomic E-state index is 13.1. The van der Waals surface area contributed by atoms with Gasteiger partial charge in [0, 0.05) is 23.5 Å². The molecular weight excluding hydrogens is 584 g/mol. The normalized spacial score (nSPS) is 23.2. The molecule has 0 spiro atoms. The summed E-state index contributed by atoms with van der Waals surface area (Å²) in [7, 11) is 0. The first-order valence-corrected chi connectivity index (χ1v) is 17.0. The molecule has 0 bridgehead atoms. The second kappa shape index (κ2) is 16.4. The number of carbonyl (C=O) groups is 3. The van der Waals surface area contributed by atoms with Crippen molar-refractivity contribution in [3.05, 3.63) is 58.2 Å². The van der Waals surface area contributed by atoms with Crippen LogP contribution in [0.4, 0.5) is 0 Å². The third-order valence-corrected chi connectivity index (χ3v) is 8.56. The molecule has 2 unspecified atom stereocenters. The van der Waals surface area contributed by atoms with E-state index in [1.165, 1.54) is 0 Å². The van der Waals surface area contributed by atoms with Crippen LogP contribution in [-0.4, -0.2) is 56.4 Å². The zero-order chi connectivity index (χ0) is 34.1. The Hall–Kier alpha value is -3.49. The van der Waals surface area contributed by atoms with Crippen molar-refractivity contribution < 1.29 is 33.3 Å². The van der Waals surface area contributed by atoms with E-state index in [1.807, 2.05) is 13.0 Å². The Morgan fingerprint density at radius 3 is 1.41 bits per heavy atom. The molecule has 0 aromatic carbocycles. The summed E-state index contributed by atoms with van der Waals surface area (Å²) >= 11 is 0. The quantitative estimate of drug-likeness (QED) is 0.0566. The van der Waals surface area contributed by atoms with E-state index in [4.69, 9.17) is 18.9 Å². The Bertz CT molecular complexity index is 1150. The zero-order valence-corrected chi connectivity index (χ0v) is 29.4. The lowest BCUT2D eigenvalue weighted by molar-refractivity contribution is -0.146. The Balaban J connectivity index is 1.97. The average molecular weight is 641 g/mol. The number of hydrogen-bond donors (Lipinski definition) is 2. The fraction of sp³-hybridized carbons (Fsp3) is 0.649. The van der Waals surface area contributed by atoms with Gasteiger partial charge in [-0.05, 0) is 100 Å². The number of allylic oxidation sites excluding steroid dienone is 6. The van der Waals surface area contributed by atoms with Gasteiger partial charge in [0.05, 0.1) is 26.4 Å². The van der Waals surface area contributed by atoms with Gasteiger partial charge in [-0.15, -0.1) is 0 Å². The highest BCUT2D eigenvalue weighted by Crippen LogP contribution is 2.41. The van der Waals surface area contributed by atoms with Crippen LogP contribution in [0.1, 0.15) is 107 Å². The first-order chi connectivity index (χ1) is 21.7. The highest BCUT2D eigenvalue weighted by Gasteiger charge is 2.36. The van der Waals surface area contributed by atoms with Crippen LogP contribution in [0.2, 0.25) is 0 Å². The molecule has 0 aromatic heterocycles. The smallest absolute Gasteiger partial charge is 0.345 e. The van der Waals surface area contributed by atoms with Gasteiger partial charge in [0.1, 0.15) is 16.9 Å². The molecule has 3 aliphatic rings. The Morgan fingerprint density at radius 1 is 0.652 bits per heavy atom. The summed E-state index contributed by atoms with van der Waals surface area (Å²) in [6.45, 7) is 20.9. The molecule has 256 valence electrons. The van der Waals surface area contributed by atoms with Crippen molar-refractivity contribution in [1.82, 2.24) is 10.6 Å². The Labute approximate surface area is 275 Å². The first-order valence-electron chi connectivity index (χ1n) is 17.0. The lowest BCUT2D eigenvalue weighted by Crippen LogP contribution is -2.50. The van der Waals surface area contributed by atoms with Crippen molar-refractivity contribution in [1.29, 1.82) is 0 Å². The maximum Gasteiger partial charge on any atom is 0.345 e. The number of hydrogen-bond acceptors (Lipinski definition) is 9. The van der Waals surface area contributed by atoms with E-state index in [9.17, 15) is 14.4 Å². The largest absolute Gasteiger partial charge is 0.494 e. The number of nitrogens with one attached hydrogen (secondary N) is 2. The summed E-state index contributed by atoms with van der Waals surface area (Å²) in [5, 5.41) is 7.68. The average Bonchev–Trinajstić information content (AvgIpc) is 2.93. The van der Waals surface area contributed by atoms with Gasteiger partial charge in [0.25, 0.3) is 0 Å². The molecule has 0 radical (unpaired) electrons. The number of rotatable bonds is 13. The van der Waals surface area contributed by atoms with Crippen LogP contribution in [0.5, 0.6) is 0 Å². The summed E-state index contributed by atoms with van der Waals surface area (Å²) in [6, 6.07) is 0.273. The predicted octanol–water partition coefficient (Wildman–Crippen LogP) is 6.72. The summed E-state index contributed by atoms with van der Waals surface area (Å²) < 4.78 is 21.6. The van der Waals surface area contributed by atoms with E-state index < -0.39 is 17.9 Å². The Kier molecular flexibility index (Phi) is 13.2. The summed E-state index contributed by atoms with van der Waals surface area (Å²) in [4.78, 5) is 38.9. The van der Waals surface area contributed by atoms with Gasteiger partial charge < -0.3 is 29.6 Å². The minimum absolute atomic E-state index is 0.0194. The van der Waals surface area contributed by atoms with E-state index in [-0.39, 0.29) is 48.3 Å². The van der Waals surface area contributed by atoms with Gasteiger partial charge in [0.2, 0.25) is 0 Å². The molecule has 3 rings (SSSR count). The van der Waals surface area contributed by atoms with Crippen LogP contribution in [0.3, 0.4) is 0 Å². The van der Waals surface area contributed by atoms with Gasteiger partial charge in [0.15, 0.2) is 0 Å². The van der Waals surface area contributed by atoms with E-state index in [1.54, 1.807) is 20.8 Å². The van der Waals surface area contributed by atoms with Crippen molar-refractivity contribution in [2.24, 2.45) is 10.8 Å². The van der Waals surface area contributed by atoms with Crippen LogP contribution in [-0.2, 0) is 33.3 Å². The third kappa shape index (κ3) is 10.0. The van der Waals surface area contributed by atoms with Crippen molar-refractivity contribution in [2.45, 2.75) is 119 Å². The second-order valence-corrected chi connectivity index (χ2v) is 14.0. The summed E-state index contributed by atoms with van der Waals surface area (Å²) in [5.41, 5.74) is 3.68. The lowest BCUT2D eigenvalue weighted by Gasteiger charge is -2.40. The molecule has 1 saturated carbocycles. The molecule has 2 N–H and O–H groups in total. The molecule has 9 nitrogen and oxygen atoms in total. The maximum atomic E-state index is 13.1. The SMILES string of the molecule is C=C(OCC)/C(C(=O)OCC)=C1\C=C(NC2CCCCC2NC2=CC(=C(C(=O)OCC)C(=O)OCC)CC(C)(C)C2)CC(C)(C)C1. The Morgan fingerprint density at radius 2 is 1.02 bits per heavy atom. The highest BCUT2D eigenvalue weighted by atomic mass is 16.6. The molecule has 9 heteroatoms. The monoisotopic (exact) mass is 640 g/mol. The second-order valence-electron chi connectivity index (χ2n) is 14.0. The van der Waals surface area contributed by atoms with Crippen molar-refractivity contribution in [3.63, 3.8) is 0 Å². The van der Waals surface area contributed by atoms with Crippen molar-refractivity contribution >= 4 is 17.9 Å². The minimum atomic E-state index is -0.647. The molecule has 0 aliphatic heterocycles. The topological polar surface area (TPSA) is 112 Å². The standard InChI is InChI=1S/C37H56N2O7/c1-10-43-24(5)31(33(40)44-11-2)25-18-27(22-36(6,7)20-25)38-29-16-14-15-17-30(29)39-28-19-26(21-37(8,9)23-28)32(34(41)45-12-3)35(42)46-13-4/h18-19,29-30,38-39H,5,10-17,20-23H2,1-4,6-9H3/b31-25-. The molecule has 3 aliphatic carbocycles. The van der Waals surface area contributed by atoms with E-state index in [2.05, 4.69) is 51.0 Å². The van der Waals surface area contributed by atoms with Crippen molar-refractivity contribution in [2.75, 3.05) is 26.4 Å². The van der Waals surface area contributed by atoms with Gasteiger partial charge >= 0.3 is 17.9 Å². The minimum Gasteiger partial charge on any atom is -0.494 e. The number of esters is 3. The van der Waals surface area contributed by atoms with E-state index in [0.29, 0.717) is 36.4 Å². The van der Waals surface area contributed by atoms with Gasteiger partial charge in [-0.25, -0.2) is 14.4 Å². The number of ether oxygens (including phenoxy) is 4. The first kappa shape index (κ1) is 37.0. The van der Waals surface area contributed by atoms with Crippen LogP contribution in [0, 0.1) is 10.8 Å². The predicted molar refractivity (Wildman–Crippen MR) is 179 cm³/mol.